The SMILES string of the molecule is COC(=O)c1cccc(NS(=O)(=O)c2ccc(F)cc2C)c1C. The van der Waals surface area contributed by atoms with Crippen LogP contribution in [0.3, 0.4) is 0 Å². The molecule has 0 saturated heterocycles. The Kier molecular flexibility index (Phi) is 4.70. The molecule has 0 fully saturated rings. The molecule has 2 aromatic carbocycles. The number of hydrogen-bond acceptors (Lipinski definition) is 4. The number of ether oxygens (including phenoxy) is 1. The quantitative estimate of drug-likeness (QED) is 0.871. The van der Waals surface area contributed by atoms with Crippen LogP contribution in [0.15, 0.2) is 41.3 Å². The molecule has 0 atom stereocenters. The van der Waals surface area contributed by atoms with Gasteiger partial charge in [0.15, 0.2) is 0 Å². The first-order valence-corrected chi connectivity index (χ1v) is 8.21. The zero-order valence-corrected chi connectivity index (χ0v) is 13.7. The molecule has 0 aliphatic carbocycles. The molecule has 0 aliphatic heterocycles. The largest absolute Gasteiger partial charge is 0.465 e. The highest BCUT2D eigenvalue weighted by atomic mass is 32.2. The van der Waals surface area contributed by atoms with Crippen molar-refractivity contribution < 1.29 is 22.3 Å². The van der Waals surface area contributed by atoms with Crippen LogP contribution >= 0.6 is 0 Å². The summed E-state index contributed by atoms with van der Waals surface area (Å²) in [7, 11) is -2.65. The third kappa shape index (κ3) is 3.50. The highest BCUT2D eigenvalue weighted by Gasteiger charge is 2.20. The van der Waals surface area contributed by atoms with Crippen LogP contribution in [-0.2, 0) is 14.8 Å². The van der Waals surface area contributed by atoms with Crippen molar-refractivity contribution in [2.45, 2.75) is 18.7 Å². The van der Waals surface area contributed by atoms with Crippen LogP contribution in [0, 0.1) is 19.7 Å². The van der Waals surface area contributed by atoms with E-state index in [-0.39, 0.29) is 16.1 Å². The van der Waals surface area contributed by atoms with Crippen LogP contribution in [0.25, 0.3) is 0 Å². The summed E-state index contributed by atoms with van der Waals surface area (Å²) < 4.78 is 45.2. The van der Waals surface area contributed by atoms with E-state index >= 15 is 0 Å². The van der Waals surface area contributed by atoms with Crippen LogP contribution in [0.4, 0.5) is 10.1 Å². The molecule has 0 amide bonds. The normalized spacial score (nSPS) is 11.1. The average molecular weight is 337 g/mol. The molecule has 2 aromatic rings. The van der Waals surface area contributed by atoms with Crippen LogP contribution < -0.4 is 4.72 Å². The van der Waals surface area contributed by atoms with Crippen LogP contribution in [0.2, 0.25) is 0 Å². The number of nitrogens with one attached hydrogen (secondary N) is 1. The molecule has 0 saturated carbocycles. The maximum absolute atomic E-state index is 13.1. The molecular formula is C16H16FNO4S. The number of sulfonamides is 1. The summed E-state index contributed by atoms with van der Waals surface area (Å²) in [5, 5.41) is 0. The van der Waals surface area contributed by atoms with Crippen LogP contribution in [0.5, 0.6) is 0 Å². The second kappa shape index (κ2) is 6.37. The molecule has 122 valence electrons. The maximum atomic E-state index is 13.1. The van der Waals surface area contributed by atoms with Crippen molar-refractivity contribution in [2.75, 3.05) is 11.8 Å². The van der Waals surface area contributed by atoms with Crippen molar-refractivity contribution >= 4 is 21.7 Å². The van der Waals surface area contributed by atoms with E-state index in [0.29, 0.717) is 11.1 Å². The first-order valence-electron chi connectivity index (χ1n) is 6.73. The number of rotatable bonds is 4. The Morgan fingerprint density at radius 1 is 1.17 bits per heavy atom. The smallest absolute Gasteiger partial charge is 0.338 e. The summed E-state index contributed by atoms with van der Waals surface area (Å²) in [5.74, 6) is -1.06. The van der Waals surface area contributed by atoms with Gasteiger partial charge < -0.3 is 4.74 Å². The Morgan fingerprint density at radius 3 is 2.48 bits per heavy atom. The van der Waals surface area contributed by atoms with Gasteiger partial charge in [-0.3, -0.25) is 4.72 Å². The fourth-order valence-electron chi connectivity index (χ4n) is 2.19. The van der Waals surface area contributed by atoms with Gasteiger partial charge in [-0.2, -0.15) is 0 Å². The molecule has 2 rings (SSSR count). The Bertz CT molecular complexity index is 862. The van der Waals surface area contributed by atoms with Crippen LogP contribution in [0.1, 0.15) is 21.5 Å². The van der Waals surface area contributed by atoms with E-state index in [2.05, 4.69) is 9.46 Å². The standard InChI is InChI=1S/C16H16FNO4S/c1-10-9-12(17)7-8-15(10)23(20,21)18-14-6-4-5-13(11(14)2)16(19)22-3/h4-9,18H,1-3H3. The van der Waals surface area contributed by atoms with Gasteiger partial charge in [-0.25, -0.2) is 17.6 Å². The van der Waals surface area contributed by atoms with Gasteiger partial charge in [0.25, 0.3) is 10.0 Å². The third-order valence-electron chi connectivity index (χ3n) is 3.41. The van der Waals surface area contributed by atoms with E-state index in [1.807, 2.05) is 0 Å². The molecule has 7 heteroatoms. The Balaban J connectivity index is 2.44. The van der Waals surface area contributed by atoms with Crippen molar-refractivity contribution in [3.05, 3.63) is 58.9 Å². The predicted octanol–water partition coefficient (Wildman–Crippen LogP) is 3.03. The number of esters is 1. The second-order valence-corrected chi connectivity index (χ2v) is 6.64. The van der Waals surface area contributed by atoms with Gasteiger partial charge in [-0.1, -0.05) is 6.07 Å². The number of hydrogen-bond donors (Lipinski definition) is 1. The van der Waals surface area contributed by atoms with Gasteiger partial charge >= 0.3 is 5.97 Å². The predicted molar refractivity (Wildman–Crippen MR) is 84.5 cm³/mol. The lowest BCUT2D eigenvalue weighted by Crippen LogP contribution is -2.16. The number of carbonyl (C=O) groups is 1. The summed E-state index contributed by atoms with van der Waals surface area (Å²) in [6.07, 6.45) is 0. The molecule has 0 radical (unpaired) electrons. The fraction of sp³-hybridized carbons (Fsp3) is 0.188. The van der Waals surface area contributed by atoms with Gasteiger partial charge in [-0.05, 0) is 55.3 Å². The van der Waals surface area contributed by atoms with Gasteiger partial charge in [0.1, 0.15) is 5.82 Å². The first kappa shape index (κ1) is 17.0. The fourth-order valence-corrected chi connectivity index (χ4v) is 3.54. The zero-order chi connectivity index (χ0) is 17.2. The van der Waals surface area contributed by atoms with Crippen molar-refractivity contribution in [2.24, 2.45) is 0 Å². The van der Waals surface area contributed by atoms with E-state index in [0.717, 1.165) is 12.1 Å². The van der Waals surface area contributed by atoms with E-state index in [9.17, 15) is 17.6 Å². The summed E-state index contributed by atoms with van der Waals surface area (Å²) in [5.41, 5.74) is 1.27. The summed E-state index contributed by atoms with van der Waals surface area (Å²) >= 11 is 0. The van der Waals surface area contributed by atoms with E-state index in [1.165, 1.54) is 26.2 Å². The molecule has 1 N–H and O–H groups in total. The summed E-state index contributed by atoms with van der Waals surface area (Å²) in [4.78, 5) is 11.6. The highest BCUT2D eigenvalue weighted by Crippen LogP contribution is 2.24. The molecule has 0 heterocycles. The van der Waals surface area contributed by atoms with Crippen molar-refractivity contribution in [1.29, 1.82) is 0 Å². The van der Waals surface area contributed by atoms with Crippen molar-refractivity contribution in [3.63, 3.8) is 0 Å². The van der Waals surface area contributed by atoms with Gasteiger partial charge in [0.2, 0.25) is 0 Å². The van der Waals surface area contributed by atoms with Crippen LogP contribution in [-0.4, -0.2) is 21.5 Å². The Labute approximate surface area is 134 Å². The Morgan fingerprint density at radius 2 is 1.87 bits per heavy atom. The molecule has 0 spiro atoms. The number of aryl methyl sites for hydroxylation is 1. The van der Waals surface area contributed by atoms with Gasteiger partial charge in [-0.15, -0.1) is 0 Å². The number of halogens is 1. The van der Waals surface area contributed by atoms with Gasteiger partial charge in [0.05, 0.1) is 23.3 Å². The minimum Gasteiger partial charge on any atom is -0.465 e. The van der Waals surface area contributed by atoms with Crippen molar-refractivity contribution in [1.82, 2.24) is 0 Å². The topological polar surface area (TPSA) is 72.5 Å². The molecular weight excluding hydrogens is 321 g/mol. The summed E-state index contributed by atoms with van der Waals surface area (Å²) in [6, 6.07) is 8.06. The lowest BCUT2D eigenvalue weighted by molar-refractivity contribution is 0.0600. The maximum Gasteiger partial charge on any atom is 0.338 e. The number of anilines is 1. The van der Waals surface area contributed by atoms with E-state index in [4.69, 9.17) is 0 Å². The third-order valence-corrected chi connectivity index (χ3v) is 4.94. The number of benzene rings is 2. The lowest BCUT2D eigenvalue weighted by Gasteiger charge is -2.14. The zero-order valence-electron chi connectivity index (χ0n) is 12.9. The number of methoxy groups -OCH3 is 1. The molecule has 0 bridgehead atoms. The first-order chi connectivity index (χ1) is 10.8. The highest BCUT2D eigenvalue weighted by molar-refractivity contribution is 7.92. The lowest BCUT2D eigenvalue weighted by atomic mass is 10.1. The average Bonchev–Trinajstić information content (AvgIpc) is 2.48. The van der Waals surface area contributed by atoms with Crippen molar-refractivity contribution in [3.8, 4) is 0 Å². The molecule has 0 aliphatic rings. The molecule has 0 aromatic heterocycles. The molecule has 0 unspecified atom stereocenters. The van der Waals surface area contributed by atoms with E-state index in [1.54, 1.807) is 19.1 Å². The summed E-state index contributed by atoms with van der Waals surface area (Å²) in [6.45, 7) is 3.12. The Hall–Kier alpha value is -2.41. The monoisotopic (exact) mass is 337 g/mol. The minimum absolute atomic E-state index is 0.0261. The second-order valence-electron chi connectivity index (χ2n) is 4.99. The molecule has 23 heavy (non-hydrogen) atoms. The minimum atomic E-state index is -3.90. The van der Waals surface area contributed by atoms with E-state index < -0.39 is 21.8 Å². The van der Waals surface area contributed by atoms with Gasteiger partial charge in [0, 0.05) is 0 Å². The molecule has 5 nitrogen and oxygen atoms in total. The number of carbonyl (C=O) groups excluding carboxylic acids is 1.